The van der Waals surface area contributed by atoms with Crippen molar-refractivity contribution in [3.05, 3.63) is 40.9 Å². The van der Waals surface area contributed by atoms with E-state index >= 15 is 0 Å². The van der Waals surface area contributed by atoms with Crippen LogP contribution in [0.5, 0.6) is 0 Å². The third kappa shape index (κ3) is 2.59. The molecule has 0 amide bonds. The van der Waals surface area contributed by atoms with Crippen molar-refractivity contribution in [2.24, 2.45) is 0 Å². The highest BCUT2D eigenvalue weighted by molar-refractivity contribution is 7.94. The van der Waals surface area contributed by atoms with Crippen molar-refractivity contribution in [1.29, 1.82) is 0 Å². The highest BCUT2D eigenvalue weighted by Gasteiger charge is 2.17. The molecule has 0 spiro atoms. The van der Waals surface area contributed by atoms with Crippen LogP contribution in [0.4, 0.5) is 5.69 Å². The van der Waals surface area contributed by atoms with E-state index in [-0.39, 0.29) is 5.75 Å². The first kappa shape index (κ1) is 10.2. The third-order valence-electron chi connectivity index (χ3n) is 2.33. The molecule has 0 aromatic heterocycles. The summed E-state index contributed by atoms with van der Waals surface area (Å²) >= 11 is 0. The molecule has 0 radical (unpaired) electrons. The molecule has 1 N–H and O–H groups in total. The predicted octanol–water partition coefficient (Wildman–Crippen LogP) is 2.07. The molecule has 15 heavy (non-hydrogen) atoms. The first-order chi connectivity index (χ1) is 7.05. The van der Waals surface area contributed by atoms with E-state index in [4.69, 9.17) is 0 Å². The number of benzene rings is 1. The van der Waals surface area contributed by atoms with Gasteiger partial charge in [-0.25, -0.2) is 8.42 Å². The van der Waals surface area contributed by atoms with Crippen LogP contribution in [0.2, 0.25) is 0 Å². The molecule has 1 heterocycles. The Bertz CT molecular complexity index is 486. The van der Waals surface area contributed by atoms with E-state index < -0.39 is 9.84 Å². The number of nitrogens with one attached hydrogen (secondary N) is 1. The Morgan fingerprint density at radius 2 is 1.87 bits per heavy atom. The van der Waals surface area contributed by atoms with Crippen LogP contribution in [0, 0.1) is 6.92 Å². The lowest BCUT2D eigenvalue weighted by Gasteiger charge is -2.05. The number of sulfone groups is 1. The molecule has 0 saturated heterocycles. The number of hydrogen-bond acceptors (Lipinski definition) is 3. The first-order valence-electron chi connectivity index (χ1n) is 4.82. The Balaban J connectivity index is 2.14. The second-order valence-electron chi connectivity index (χ2n) is 3.75. The standard InChI is InChI=1S/C11H13NO2S/c1-9-2-4-10(5-3-9)12-11-6-7-15(13,14)8-11/h2-5,8,12H,6-7H2,1H3. The molecular weight excluding hydrogens is 210 g/mol. The van der Waals surface area contributed by atoms with Gasteiger partial charge in [-0.1, -0.05) is 17.7 Å². The van der Waals surface area contributed by atoms with Gasteiger partial charge in [-0.15, -0.1) is 0 Å². The number of anilines is 1. The Kier molecular flexibility index (Phi) is 2.52. The molecule has 2 rings (SSSR count). The minimum atomic E-state index is -2.95. The zero-order valence-electron chi connectivity index (χ0n) is 8.53. The van der Waals surface area contributed by atoms with E-state index in [0.717, 1.165) is 11.4 Å². The molecule has 0 saturated carbocycles. The van der Waals surface area contributed by atoms with Gasteiger partial charge in [-0.05, 0) is 19.1 Å². The summed E-state index contributed by atoms with van der Waals surface area (Å²) in [5.41, 5.74) is 2.90. The van der Waals surface area contributed by atoms with Gasteiger partial charge >= 0.3 is 0 Å². The topological polar surface area (TPSA) is 46.2 Å². The van der Waals surface area contributed by atoms with Crippen molar-refractivity contribution < 1.29 is 8.42 Å². The zero-order chi connectivity index (χ0) is 10.9. The van der Waals surface area contributed by atoms with Crippen LogP contribution in [0.25, 0.3) is 0 Å². The Morgan fingerprint density at radius 3 is 2.40 bits per heavy atom. The Labute approximate surface area is 89.7 Å². The minimum absolute atomic E-state index is 0.223. The summed E-state index contributed by atoms with van der Waals surface area (Å²) < 4.78 is 22.3. The van der Waals surface area contributed by atoms with Crippen LogP contribution < -0.4 is 5.32 Å². The first-order valence-corrected chi connectivity index (χ1v) is 6.54. The van der Waals surface area contributed by atoms with Gasteiger partial charge in [0.1, 0.15) is 0 Å². The maximum Gasteiger partial charge on any atom is 0.173 e. The number of hydrogen-bond donors (Lipinski definition) is 1. The molecule has 4 heteroatoms. The Hall–Kier alpha value is -1.29. The minimum Gasteiger partial charge on any atom is -0.358 e. The molecule has 1 aromatic carbocycles. The lowest BCUT2D eigenvalue weighted by Crippen LogP contribution is -1.96. The second-order valence-corrected chi connectivity index (χ2v) is 5.72. The van der Waals surface area contributed by atoms with Crippen LogP contribution >= 0.6 is 0 Å². The average Bonchev–Trinajstić information content (AvgIpc) is 2.50. The fourth-order valence-corrected chi connectivity index (χ4v) is 2.73. The predicted molar refractivity (Wildman–Crippen MR) is 61.3 cm³/mol. The average molecular weight is 223 g/mol. The van der Waals surface area contributed by atoms with Crippen LogP contribution in [0.15, 0.2) is 35.4 Å². The number of aryl methyl sites for hydroxylation is 1. The van der Waals surface area contributed by atoms with E-state index in [1.54, 1.807) is 0 Å². The van der Waals surface area contributed by atoms with Crippen molar-refractivity contribution >= 4 is 15.5 Å². The fourth-order valence-electron chi connectivity index (χ4n) is 1.50. The largest absolute Gasteiger partial charge is 0.358 e. The van der Waals surface area contributed by atoms with Gasteiger partial charge in [0.15, 0.2) is 9.84 Å². The molecule has 1 aromatic rings. The van der Waals surface area contributed by atoms with Crippen molar-refractivity contribution in [3.63, 3.8) is 0 Å². The van der Waals surface area contributed by atoms with Gasteiger partial charge in [0, 0.05) is 23.2 Å². The lowest BCUT2D eigenvalue weighted by molar-refractivity contribution is 0.606. The maximum absolute atomic E-state index is 11.2. The van der Waals surface area contributed by atoms with E-state index in [2.05, 4.69) is 5.32 Å². The quantitative estimate of drug-likeness (QED) is 0.834. The van der Waals surface area contributed by atoms with Crippen LogP contribution in [0.3, 0.4) is 0 Å². The van der Waals surface area contributed by atoms with E-state index in [1.165, 1.54) is 11.0 Å². The molecule has 0 unspecified atom stereocenters. The number of allylic oxidation sites excluding steroid dienone is 1. The summed E-state index contributed by atoms with van der Waals surface area (Å²) in [4.78, 5) is 0. The van der Waals surface area contributed by atoms with Crippen molar-refractivity contribution in [1.82, 2.24) is 0 Å². The normalized spacial score (nSPS) is 18.6. The van der Waals surface area contributed by atoms with E-state index in [9.17, 15) is 8.42 Å². The maximum atomic E-state index is 11.2. The summed E-state index contributed by atoms with van der Waals surface area (Å²) in [6.45, 7) is 2.02. The van der Waals surface area contributed by atoms with Crippen molar-refractivity contribution in [2.45, 2.75) is 13.3 Å². The smallest absolute Gasteiger partial charge is 0.173 e. The highest BCUT2D eigenvalue weighted by atomic mass is 32.2. The van der Waals surface area contributed by atoms with E-state index in [1.807, 2.05) is 31.2 Å². The SMILES string of the molecule is Cc1ccc(NC2=CS(=O)(=O)CC2)cc1. The molecule has 0 fully saturated rings. The Morgan fingerprint density at radius 1 is 1.20 bits per heavy atom. The monoisotopic (exact) mass is 223 g/mol. The number of rotatable bonds is 2. The molecule has 0 aliphatic carbocycles. The summed E-state index contributed by atoms with van der Waals surface area (Å²) in [5.74, 6) is 0.223. The molecule has 3 nitrogen and oxygen atoms in total. The van der Waals surface area contributed by atoms with Crippen LogP contribution in [-0.4, -0.2) is 14.2 Å². The highest BCUT2D eigenvalue weighted by Crippen LogP contribution is 2.19. The zero-order valence-corrected chi connectivity index (χ0v) is 9.34. The van der Waals surface area contributed by atoms with Crippen molar-refractivity contribution in [2.75, 3.05) is 11.1 Å². The summed E-state index contributed by atoms with van der Waals surface area (Å²) in [6.07, 6.45) is 0.580. The van der Waals surface area contributed by atoms with Gasteiger partial charge in [-0.3, -0.25) is 0 Å². The van der Waals surface area contributed by atoms with Crippen molar-refractivity contribution in [3.8, 4) is 0 Å². The third-order valence-corrected chi connectivity index (χ3v) is 3.75. The lowest BCUT2D eigenvalue weighted by atomic mass is 10.2. The molecule has 1 aliphatic heterocycles. The van der Waals surface area contributed by atoms with Gasteiger partial charge in [0.05, 0.1) is 5.75 Å². The molecule has 0 bridgehead atoms. The second kappa shape index (κ2) is 3.70. The summed E-state index contributed by atoms with van der Waals surface area (Å²) in [5, 5.41) is 4.43. The van der Waals surface area contributed by atoms with Gasteiger partial charge < -0.3 is 5.32 Å². The van der Waals surface area contributed by atoms with Gasteiger partial charge in [0.25, 0.3) is 0 Å². The molecular formula is C11H13NO2S. The molecule has 1 aliphatic rings. The van der Waals surface area contributed by atoms with E-state index in [0.29, 0.717) is 6.42 Å². The van der Waals surface area contributed by atoms with Crippen LogP contribution in [-0.2, 0) is 9.84 Å². The van der Waals surface area contributed by atoms with Gasteiger partial charge in [-0.2, -0.15) is 0 Å². The van der Waals surface area contributed by atoms with Gasteiger partial charge in [0.2, 0.25) is 0 Å². The fraction of sp³-hybridized carbons (Fsp3) is 0.273. The van der Waals surface area contributed by atoms with Crippen LogP contribution in [0.1, 0.15) is 12.0 Å². The molecule has 80 valence electrons. The molecule has 0 atom stereocenters. The summed E-state index contributed by atoms with van der Waals surface area (Å²) in [7, 11) is -2.95. The summed E-state index contributed by atoms with van der Waals surface area (Å²) in [6, 6.07) is 7.88.